The fraction of sp³-hybridized carbons (Fsp3) is 0.231. The number of nitrogens with zero attached hydrogens (tertiary/aromatic N) is 2. The first-order valence-corrected chi connectivity index (χ1v) is 5.55. The summed E-state index contributed by atoms with van der Waals surface area (Å²) in [7, 11) is 0. The number of nitrogens with two attached hydrogens (primary N) is 1. The summed E-state index contributed by atoms with van der Waals surface area (Å²) in [6.45, 7) is 2.04. The molecule has 0 saturated heterocycles. The predicted octanol–water partition coefficient (Wildman–Crippen LogP) is 2.82. The van der Waals surface area contributed by atoms with E-state index in [2.05, 4.69) is 9.97 Å². The fourth-order valence-electron chi connectivity index (χ4n) is 1.83. The Balaban J connectivity index is 2.54. The smallest absolute Gasteiger partial charge is 0.124 e. The molecule has 17 heavy (non-hydrogen) atoms. The summed E-state index contributed by atoms with van der Waals surface area (Å²) in [5.74, 6) is -0.276. The SMILES string of the molecule is CCCc1cc(F)cc(-c2cncnc2)c1N. The molecule has 1 aromatic heterocycles. The third kappa shape index (κ3) is 2.41. The van der Waals surface area contributed by atoms with E-state index in [0.717, 1.165) is 24.0 Å². The van der Waals surface area contributed by atoms with Crippen molar-refractivity contribution in [2.24, 2.45) is 0 Å². The zero-order valence-electron chi connectivity index (χ0n) is 9.65. The average Bonchev–Trinajstić information content (AvgIpc) is 2.35. The topological polar surface area (TPSA) is 51.8 Å². The highest BCUT2D eigenvalue weighted by Crippen LogP contribution is 2.29. The predicted molar refractivity (Wildman–Crippen MR) is 65.8 cm³/mol. The summed E-state index contributed by atoms with van der Waals surface area (Å²) < 4.78 is 13.5. The molecule has 0 spiro atoms. The van der Waals surface area contributed by atoms with Crippen LogP contribution in [0.4, 0.5) is 10.1 Å². The number of benzene rings is 1. The first-order valence-electron chi connectivity index (χ1n) is 5.55. The van der Waals surface area contributed by atoms with E-state index in [0.29, 0.717) is 11.3 Å². The zero-order chi connectivity index (χ0) is 12.3. The number of aromatic nitrogens is 2. The van der Waals surface area contributed by atoms with E-state index in [1.165, 1.54) is 18.5 Å². The molecule has 0 unspecified atom stereocenters. The molecular weight excluding hydrogens is 217 g/mol. The minimum atomic E-state index is -0.276. The van der Waals surface area contributed by atoms with Crippen LogP contribution in [0.3, 0.4) is 0 Å². The summed E-state index contributed by atoms with van der Waals surface area (Å²) in [6.07, 6.45) is 6.40. The third-order valence-corrected chi connectivity index (χ3v) is 2.62. The maximum absolute atomic E-state index is 13.5. The Labute approximate surface area is 99.5 Å². The Morgan fingerprint density at radius 1 is 1.24 bits per heavy atom. The number of rotatable bonds is 3. The Morgan fingerprint density at radius 2 is 1.94 bits per heavy atom. The molecule has 1 heterocycles. The zero-order valence-corrected chi connectivity index (χ0v) is 9.65. The number of hydrogen-bond donors (Lipinski definition) is 1. The standard InChI is InChI=1S/C13H14FN3/c1-2-3-9-4-11(14)5-12(13(9)15)10-6-16-8-17-7-10/h4-8H,2-3,15H2,1H3. The molecule has 0 amide bonds. The molecule has 0 fully saturated rings. The molecule has 88 valence electrons. The van der Waals surface area contributed by atoms with Crippen LogP contribution in [0.25, 0.3) is 11.1 Å². The van der Waals surface area contributed by atoms with Crippen LogP contribution in [0, 0.1) is 5.82 Å². The van der Waals surface area contributed by atoms with Crippen molar-refractivity contribution in [2.45, 2.75) is 19.8 Å². The highest BCUT2D eigenvalue weighted by Gasteiger charge is 2.10. The van der Waals surface area contributed by atoms with Gasteiger partial charge in [-0.3, -0.25) is 0 Å². The van der Waals surface area contributed by atoms with Crippen molar-refractivity contribution < 1.29 is 4.39 Å². The van der Waals surface area contributed by atoms with Gasteiger partial charge in [0.15, 0.2) is 0 Å². The molecule has 2 aromatic rings. The lowest BCUT2D eigenvalue weighted by Gasteiger charge is -2.10. The molecule has 0 aliphatic carbocycles. The van der Waals surface area contributed by atoms with E-state index >= 15 is 0 Å². The number of nitrogen functional groups attached to an aromatic ring is 1. The van der Waals surface area contributed by atoms with Gasteiger partial charge in [0.1, 0.15) is 12.1 Å². The molecule has 0 atom stereocenters. The Bertz CT molecular complexity index is 512. The summed E-state index contributed by atoms with van der Waals surface area (Å²) in [5, 5.41) is 0. The van der Waals surface area contributed by atoms with Crippen molar-refractivity contribution in [1.29, 1.82) is 0 Å². The van der Waals surface area contributed by atoms with Gasteiger partial charge >= 0.3 is 0 Å². The van der Waals surface area contributed by atoms with Crippen molar-refractivity contribution in [3.8, 4) is 11.1 Å². The van der Waals surface area contributed by atoms with Crippen molar-refractivity contribution in [2.75, 3.05) is 5.73 Å². The van der Waals surface area contributed by atoms with Crippen molar-refractivity contribution >= 4 is 5.69 Å². The minimum absolute atomic E-state index is 0.276. The first-order chi connectivity index (χ1) is 8.22. The van der Waals surface area contributed by atoms with Gasteiger partial charge in [0.05, 0.1) is 0 Å². The van der Waals surface area contributed by atoms with Crippen molar-refractivity contribution in [3.05, 3.63) is 42.2 Å². The molecule has 3 nitrogen and oxygen atoms in total. The monoisotopic (exact) mass is 231 g/mol. The van der Waals surface area contributed by atoms with Crippen LogP contribution in [0.2, 0.25) is 0 Å². The number of hydrogen-bond acceptors (Lipinski definition) is 3. The maximum atomic E-state index is 13.5. The van der Waals surface area contributed by atoms with E-state index in [4.69, 9.17) is 5.73 Å². The molecule has 2 rings (SSSR count). The lowest BCUT2D eigenvalue weighted by molar-refractivity contribution is 0.626. The van der Waals surface area contributed by atoms with Gasteiger partial charge in [-0.2, -0.15) is 0 Å². The highest BCUT2D eigenvalue weighted by atomic mass is 19.1. The van der Waals surface area contributed by atoms with Gasteiger partial charge in [-0.25, -0.2) is 14.4 Å². The minimum Gasteiger partial charge on any atom is -0.398 e. The second-order valence-corrected chi connectivity index (χ2v) is 3.90. The third-order valence-electron chi connectivity index (χ3n) is 2.62. The van der Waals surface area contributed by atoms with E-state index in [-0.39, 0.29) is 5.82 Å². The molecule has 2 N–H and O–H groups in total. The van der Waals surface area contributed by atoms with Crippen LogP contribution in [-0.2, 0) is 6.42 Å². The second-order valence-electron chi connectivity index (χ2n) is 3.90. The van der Waals surface area contributed by atoms with Gasteiger partial charge in [-0.1, -0.05) is 13.3 Å². The maximum Gasteiger partial charge on any atom is 0.124 e. The van der Waals surface area contributed by atoms with Crippen LogP contribution in [0.5, 0.6) is 0 Å². The van der Waals surface area contributed by atoms with Crippen LogP contribution in [0.15, 0.2) is 30.9 Å². The normalized spacial score (nSPS) is 10.5. The average molecular weight is 231 g/mol. The lowest BCUT2D eigenvalue weighted by Crippen LogP contribution is -1.99. The first kappa shape index (κ1) is 11.5. The highest BCUT2D eigenvalue weighted by molar-refractivity contribution is 5.77. The summed E-state index contributed by atoms with van der Waals surface area (Å²) in [5.41, 5.74) is 8.90. The van der Waals surface area contributed by atoms with Crippen LogP contribution in [0.1, 0.15) is 18.9 Å². The van der Waals surface area contributed by atoms with E-state index < -0.39 is 0 Å². The second kappa shape index (κ2) is 4.91. The van der Waals surface area contributed by atoms with Crippen molar-refractivity contribution in [3.63, 3.8) is 0 Å². The number of aryl methyl sites for hydroxylation is 1. The number of anilines is 1. The van der Waals surface area contributed by atoms with Gasteiger partial charge in [0.2, 0.25) is 0 Å². The van der Waals surface area contributed by atoms with E-state index in [9.17, 15) is 4.39 Å². The molecule has 0 saturated carbocycles. The Morgan fingerprint density at radius 3 is 2.59 bits per heavy atom. The number of halogens is 1. The van der Waals surface area contributed by atoms with Gasteiger partial charge < -0.3 is 5.73 Å². The molecule has 0 aliphatic rings. The summed E-state index contributed by atoms with van der Waals surface area (Å²) >= 11 is 0. The van der Waals surface area contributed by atoms with Gasteiger partial charge in [-0.15, -0.1) is 0 Å². The van der Waals surface area contributed by atoms with E-state index in [1.807, 2.05) is 6.92 Å². The Kier molecular flexibility index (Phi) is 3.32. The summed E-state index contributed by atoms with van der Waals surface area (Å²) in [4.78, 5) is 7.84. The molecule has 0 bridgehead atoms. The molecule has 0 radical (unpaired) electrons. The van der Waals surface area contributed by atoms with Crippen LogP contribution in [-0.4, -0.2) is 9.97 Å². The van der Waals surface area contributed by atoms with Gasteiger partial charge in [-0.05, 0) is 24.1 Å². The van der Waals surface area contributed by atoms with Crippen LogP contribution >= 0.6 is 0 Å². The molecule has 4 heteroatoms. The lowest BCUT2D eigenvalue weighted by atomic mass is 9.99. The Hall–Kier alpha value is -1.97. The largest absolute Gasteiger partial charge is 0.398 e. The summed E-state index contributed by atoms with van der Waals surface area (Å²) in [6, 6.07) is 2.92. The van der Waals surface area contributed by atoms with E-state index in [1.54, 1.807) is 12.4 Å². The fourth-order valence-corrected chi connectivity index (χ4v) is 1.83. The van der Waals surface area contributed by atoms with Gasteiger partial charge in [0, 0.05) is 29.2 Å². The molecule has 1 aromatic carbocycles. The molecular formula is C13H14FN3. The molecule has 0 aliphatic heterocycles. The van der Waals surface area contributed by atoms with Crippen LogP contribution < -0.4 is 5.73 Å². The quantitative estimate of drug-likeness (QED) is 0.826. The van der Waals surface area contributed by atoms with Gasteiger partial charge in [0.25, 0.3) is 0 Å². The van der Waals surface area contributed by atoms with Crippen molar-refractivity contribution in [1.82, 2.24) is 9.97 Å².